The molecule has 0 saturated heterocycles. The van der Waals surface area contributed by atoms with Crippen molar-refractivity contribution < 1.29 is 4.39 Å². The lowest BCUT2D eigenvalue weighted by molar-refractivity contribution is 0.337. The fraction of sp³-hybridized carbons (Fsp3) is 0.643. The van der Waals surface area contributed by atoms with E-state index in [0.29, 0.717) is 12.0 Å². The summed E-state index contributed by atoms with van der Waals surface area (Å²) in [5.74, 6) is 0.314. The lowest BCUT2D eigenvalue weighted by Gasteiger charge is -2.26. The molecular formula is C14H23FN2. The van der Waals surface area contributed by atoms with E-state index in [0.717, 1.165) is 18.5 Å². The van der Waals surface area contributed by atoms with Crippen LogP contribution >= 0.6 is 0 Å². The van der Waals surface area contributed by atoms with E-state index in [4.69, 9.17) is 0 Å². The number of nitrogens with one attached hydrogen (secondary N) is 1. The van der Waals surface area contributed by atoms with Crippen LogP contribution in [-0.2, 0) is 0 Å². The fourth-order valence-electron chi connectivity index (χ4n) is 2.05. The van der Waals surface area contributed by atoms with Gasteiger partial charge in [0.2, 0.25) is 0 Å². The summed E-state index contributed by atoms with van der Waals surface area (Å²) in [5, 5.41) is 3.60. The summed E-state index contributed by atoms with van der Waals surface area (Å²) < 4.78 is 12.8. The molecule has 0 aromatic carbocycles. The number of hydrogen-bond donors (Lipinski definition) is 1. The molecule has 0 bridgehead atoms. The molecule has 0 saturated carbocycles. The lowest BCUT2D eigenvalue weighted by atomic mass is 9.99. The van der Waals surface area contributed by atoms with Crippen molar-refractivity contribution >= 4 is 0 Å². The van der Waals surface area contributed by atoms with Crippen molar-refractivity contribution in [3.05, 3.63) is 29.8 Å². The average molecular weight is 238 g/mol. The molecule has 0 radical (unpaired) electrons. The maximum Gasteiger partial charge on any atom is 0.141 e. The molecule has 0 fully saturated rings. The van der Waals surface area contributed by atoms with Gasteiger partial charge < -0.3 is 5.32 Å². The molecule has 0 aliphatic heterocycles. The SMILES string of the molecule is CCC(NC(CC)C(C)C)c1ccc(F)cn1. The molecule has 17 heavy (non-hydrogen) atoms. The number of halogens is 1. The summed E-state index contributed by atoms with van der Waals surface area (Å²) in [6.45, 7) is 8.73. The van der Waals surface area contributed by atoms with Gasteiger partial charge in [-0.15, -0.1) is 0 Å². The van der Waals surface area contributed by atoms with Crippen LogP contribution in [-0.4, -0.2) is 11.0 Å². The summed E-state index contributed by atoms with van der Waals surface area (Å²) in [4.78, 5) is 4.16. The Morgan fingerprint density at radius 2 is 1.94 bits per heavy atom. The minimum Gasteiger partial charge on any atom is -0.306 e. The van der Waals surface area contributed by atoms with Gasteiger partial charge in [0.15, 0.2) is 0 Å². The van der Waals surface area contributed by atoms with E-state index in [1.54, 1.807) is 6.07 Å². The van der Waals surface area contributed by atoms with E-state index in [1.165, 1.54) is 12.3 Å². The summed E-state index contributed by atoms with van der Waals surface area (Å²) in [6.07, 6.45) is 3.34. The third-order valence-electron chi connectivity index (χ3n) is 3.18. The maximum absolute atomic E-state index is 12.8. The highest BCUT2D eigenvalue weighted by Crippen LogP contribution is 2.18. The minimum absolute atomic E-state index is 0.211. The number of aromatic nitrogens is 1. The Kier molecular flexibility index (Phi) is 5.56. The number of hydrogen-bond acceptors (Lipinski definition) is 2. The lowest BCUT2D eigenvalue weighted by Crippen LogP contribution is -2.36. The third kappa shape index (κ3) is 4.08. The van der Waals surface area contributed by atoms with Gasteiger partial charge in [-0.1, -0.05) is 27.7 Å². The van der Waals surface area contributed by atoms with E-state index < -0.39 is 0 Å². The molecule has 96 valence electrons. The molecule has 1 aromatic heterocycles. The first kappa shape index (κ1) is 14.1. The molecule has 0 spiro atoms. The number of pyridine rings is 1. The zero-order chi connectivity index (χ0) is 12.8. The highest BCUT2D eigenvalue weighted by Gasteiger charge is 2.17. The molecule has 1 rings (SSSR count). The summed E-state index contributed by atoms with van der Waals surface area (Å²) in [6, 6.07) is 3.93. The van der Waals surface area contributed by atoms with Gasteiger partial charge in [-0.05, 0) is 30.9 Å². The minimum atomic E-state index is -0.278. The first-order valence-electron chi connectivity index (χ1n) is 6.45. The van der Waals surface area contributed by atoms with E-state index in [9.17, 15) is 4.39 Å². The van der Waals surface area contributed by atoms with Crippen molar-refractivity contribution in [1.82, 2.24) is 10.3 Å². The molecule has 2 atom stereocenters. The second kappa shape index (κ2) is 6.70. The van der Waals surface area contributed by atoms with Gasteiger partial charge in [0.05, 0.1) is 11.9 Å². The predicted molar refractivity (Wildman–Crippen MR) is 69.3 cm³/mol. The van der Waals surface area contributed by atoms with Gasteiger partial charge in [-0.25, -0.2) is 4.39 Å². The maximum atomic E-state index is 12.8. The molecule has 0 aliphatic rings. The van der Waals surface area contributed by atoms with E-state index in [-0.39, 0.29) is 11.9 Å². The average Bonchev–Trinajstić information content (AvgIpc) is 2.32. The van der Waals surface area contributed by atoms with Crippen LogP contribution in [0, 0.1) is 11.7 Å². The first-order chi connectivity index (χ1) is 8.08. The van der Waals surface area contributed by atoms with Crippen LogP contribution in [0.1, 0.15) is 52.3 Å². The second-order valence-corrected chi connectivity index (χ2v) is 4.79. The van der Waals surface area contributed by atoms with Crippen LogP contribution in [0.5, 0.6) is 0 Å². The van der Waals surface area contributed by atoms with E-state index in [1.807, 2.05) is 0 Å². The Balaban J connectivity index is 2.74. The summed E-state index contributed by atoms with van der Waals surface area (Å²) in [5.41, 5.74) is 0.924. The largest absolute Gasteiger partial charge is 0.306 e. The van der Waals surface area contributed by atoms with Gasteiger partial charge in [0, 0.05) is 12.1 Å². The molecule has 0 amide bonds. The molecule has 3 heteroatoms. The monoisotopic (exact) mass is 238 g/mol. The number of nitrogens with zero attached hydrogens (tertiary/aromatic N) is 1. The Labute approximate surface area is 104 Å². The van der Waals surface area contributed by atoms with Crippen LogP contribution < -0.4 is 5.32 Å². The van der Waals surface area contributed by atoms with Crippen molar-refractivity contribution in [3.8, 4) is 0 Å². The molecular weight excluding hydrogens is 215 g/mol. The molecule has 0 aliphatic carbocycles. The van der Waals surface area contributed by atoms with Crippen LogP contribution in [0.2, 0.25) is 0 Å². The van der Waals surface area contributed by atoms with Gasteiger partial charge in [-0.3, -0.25) is 4.98 Å². The highest BCUT2D eigenvalue weighted by atomic mass is 19.1. The molecule has 1 aromatic rings. The quantitative estimate of drug-likeness (QED) is 0.817. The van der Waals surface area contributed by atoms with Crippen LogP contribution in [0.3, 0.4) is 0 Å². The Hall–Kier alpha value is -0.960. The molecule has 1 heterocycles. The second-order valence-electron chi connectivity index (χ2n) is 4.79. The Morgan fingerprint density at radius 3 is 2.35 bits per heavy atom. The normalized spacial score (nSPS) is 14.9. The van der Waals surface area contributed by atoms with Crippen molar-refractivity contribution in [2.45, 2.75) is 52.6 Å². The Morgan fingerprint density at radius 1 is 1.24 bits per heavy atom. The zero-order valence-electron chi connectivity index (χ0n) is 11.2. The van der Waals surface area contributed by atoms with E-state index >= 15 is 0 Å². The van der Waals surface area contributed by atoms with Crippen LogP contribution in [0.25, 0.3) is 0 Å². The van der Waals surface area contributed by atoms with Crippen LogP contribution in [0.15, 0.2) is 18.3 Å². The van der Waals surface area contributed by atoms with Gasteiger partial charge in [0.1, 0.15) is 5.82 Å². The standard InChI is InChI=1S/C14H23FN2/c1-5-12(10(3)4)17-13(6-2)14-8-7-11(15)9-16-14/h7-10,12-13,17H,5-6H2,1-4H3. The molecule has 2 unspecified atom stereocenters. The van der Waals surface area contributed by atoms with Crippen molar-refractivity contribution in [1.29, 1.82) is 0 Å². The van der Waals surface area contributed by atoms with Crippen molar-refractivity contribution in [2.75, 3.05) is 0 Å². The third-order valence-corrected chi connectivity index (χ3v) is 3.18. The predicted octanol–water partition coefficient (Wildman–Crippen LogP) is 3.70. The van der Waals surface area contributed by atoms with Gasteiger partial charge in [0.25, 0.3) is 0 Å². The van der Waals surface area contributed by atoms with Crippen molar-refractivity contribution in [3.63, 3.8) is 0 Å². The number of rotatable bonds is 6. The van der Waals surface area contributed by atoms with Crippen LogP contribution in [0.4, 0.5) is 4.39 Å². The smallest absolute Gasteiger partial charge is 0.141 e. The highest BCUT2D eigenvalue weighted by molar-refractivity contribution is 5.10. The Bertz CT molecular complexity index is 321. The molecule has 2 nitrogen and oxygen atoms in total. The topological polar surface area (TPSA) is 24.9 Å². The van der Waals surface area contributed by atoms with E-state index in [2.05, 4.69) is 38.0 Å². The van der Waals surface area contributed by atoms with Crippen molar-refractivity contribution in [2.24, 2.45) is 5.92 Å². The molecule has 1 N–H and O–H groups in total. The zero-order valence-corrected chi connectivity index (χ0v) is 11.2. The van der Waals surface area contributed by atoms with Gasteiger partial charge >= 0.3 is 0 Å². The summed E-state index contributed by atoms with van der Waals surface area (Å²) >= 11 is 0. The summed E-state index contributed by atoms with van der Waals surface area (Å²) in [7, 11) is 0. The fourth-order valence-corrected chi connectivity index (χ4v) is 2.05. The van der Waals surface area contributed by atoms with Gasteiger partial charge in [-0.2, -0.15) is 0 Å². The first-order valence-corrected chi connectivity index (χ1v) is 6.45.